The van der Waals surface area contributed by atoms with Crippen molar-refractivity contribution in [3.05, 3.63) is 35.9 Å². The molecule has 0 saturated heterocycles. The fraction of sp³-hybridized carbons (Fsp3) is 0.353. The summed E-state index contributed by atoms with van der Waals surface area (Å²) in [6.45, 7) is -0.197. The predicted octanol–water partition coefficient (Wildman–Crippen LogP) is 0.945. The number of hydrogen-bond acceptors (Lipinski definition) is 3. The van der Waals surface area contributed by atoms with E-state index < -0.39 is 11.6 Å². The molecule has 0 aliphatic carbocycles. The second kappa shape index (κ2) is 8.11. The number of terminal acetylenes is 2. The van der Waals surface area contributed by atoms with Crippen LogP contribution in [0.5, 0.6) is 0 Å². The number of benzene rings is 1. The Hall–Kier alpha value is -2.27. The molecule has 0 aromatic heterocycles. The Labute approximate surface area is 125 Å². The van der Waals surface area contributed by atoms with Crippen molar-refractivity contribution in [1.82, 2.24) is 5.32 Å². The summed E-state index contributed by atoms with van der Waals surface area (Å²) in [6, 6.07) is 7.88. The second-order valence-corrected chi connectivity index (χ2v) is 4.77. The molecule has 1 rings (SSSR count). The lowest BCUT2D eigenvalue weighted by molar-refractivity contribution is 0.00299. The number of rotatable bonds is 7. The van der Waals surface area contributed by atoms with Crippen LogP contribution >= 0.6 is 0 Å². The zero-order valence-electron chi connectivity index (χ0n) is 11.7. The summed E-state index contributed by atoms with van der Waals surface area (Å²) in [5.41, 5.74) is -0.972. The first-order valence-electron chi connectivity index (χ1n) is 6.63. The number of carbonyl (C=O) groups is 1. The predicted molar refractivity (Wildman–Crippen MR) is 81.2 cm³/mol. The molecular weight excluding hydrogens is 266 g/mol. The van der Waals surface area contributed by atoms with E-state index in [-0.39, 0.29) is 31.8 Å². The lowest BCUT2D eigenvalue weighted by Gasteiger charge is -2.34. The fourth-order valence-electron chi connectivity index (χ4n) is 2.10. The minimum absolute atomic E-state index is 0.00304. The van der Waals surface area contributed by atoms with Gasteiger partial charge in [-0.15, -0.1) is 24.7 Å². The molecule has 1 atom stereocenters. The standard InChI is InChI=1S/C17H19NO3/c1-3-11-17(21,12-4-2)15(10-13-19)18-16(20)14-8-6-5-7-9-14/h1-2,5-9,15,19,21H,10-13H2,(H,18,20). The average molecular weight is 285 g/mol. The Kier molecular flexibility index (Phi) is 6.49. The van der Waals surface area contributed by atoms with E-state index in [1.165, 1.54) is 0 Å². The molecule has 21 heavy (non-hydrogen) atoms. The van der Waals surface area contributed by atoms with Gasteiger partial charge < -0.3 is 15.5 Å². The molecule has 0 aliphatic rings. The SMILES string of the molecule is C#CCC(O)(CC#C)C(CCO)NC(=O)c1ccccc1. The Morgan fingerprint density at radius 2 is 1.81 bits per heavy atom. The molecule has 0 bridgehead atoms. The van der Waals surface area contributed by atoms with Crippen molar-refractivity contribution in [3.63, 3.8) is 0 Å². The van der Waals surface area contributed by atoms with Crippen LogP contribution in [0.3, 0.4) is 0 Å². The molecule has 1 unspecified atom stereocenters. The Morgan fingerprint density at radius 1 is 1.24 bits per heavy atom. The van der Waals surface area contributed by atoms with Gasteiger partial charge in [0, 0.05) is 25.0 Å². The Balaban J connectivity index is 2.93. The van der Waals surface area contributed by atoms with Crippen LogP contribution in [0.2, 0.25) is 0 Å². The number of aliphatic hydroxyl groups excluding tert-OH is 1. The van der Waals surface area contributed by atoms with E-state index in [9.17, 15) is 9.90 Å². The third-order valence-electron chi connectivity index (χ3n) is 3.22. The maximum Gasteiger partial charge on any atom is 0.251 e. The van der Waals surface area contributed by atoms with Crippen molar-refractivity contribution >= 4 is 5.91 Å². The van der Waals surface area contributed by atoms with Gasteiger partial charge in [-0.1, -0.05) is 18.2 Å². The zero-order chi connectivity index (χ0) is 15.7. The quantitative estimate of drug-likeness (QED) is 0.653. The van der Waals surface area contributed by atoms with Crippen LogP contribution in [-0.4, -0.2) is 34.4 Å². The van der Waals surface area contributed by atoms with Crippen molar-refractivity contribution in [2.24, 2.45) is 0 Å². The van der Waals surface area contributed by atoms with Crippen LogP contribution in [0.15, 0.2) is 30.3 Å². The monoisotopic (exact) mass is 285 g/mol. The maximum atomic E-state index is 12.2. The zero-order valence-corrected chi connectivity index (χ0v) is 11.7. The third kappa shape index (κ3) is 4.65. The van der Waals surface area contributed by atoms with Gasteiger partial charge >= 0.3 is 0 Å². The van der Waals surface area contributed by atoms with Crippen molar-refractivity contribution in [2.75, 3.05) is 6.61 Å². The van der Waals surface area contributed by atoms with E-state index in [1.807, 2.05) is 0 Å². The van der Waals surface area contributed by atoms with Gasteiger partial charge in [-0.05, 0) is 18.6 Å². The van der Waals surface area contributed by atoms with Crippen LogP contribution in [0, 0.1) is 24.7 Å². The second-order valence-electron chi connectivity index (χ2n) is 4.77. The highest BCUT2D eigenvalue weighted by atomic mass is 16.3. The van der Waals surface area contributed by atoms with Gasteiger partial charge in [0.1, 0.15) is 5.60 Å². The third-order valence-corrected chi connectivity index (χ3v) is 3.22. The highest BCUT2D eigenvalue weighted by molar-refractivity contribution is 5.94. The molecule has 3 N–H and O–H groups in total. The largest absolute Gasteiger partial charge is 0.396 e. The minimum Gasteiger partial charge on any atom is -0.396 e. The highest BCUT2D eigenvalue weighted by Crippen LogP contribution is 2.22. The minimum atomic E-state index is -1.43. The van der Waals surface area contributed by atoms with E-state index in [1.54, 1.807) is 30.3 Å². The van der Waals surface area contributed by atoms with Crippen LogP contribution in [0.25, 0.3) is 0 Å². The van der Waals surface area contributed by atoms with Gasteiger partial charge in [0.2, 0.25) is 0 Å². The summed E-state index contributed by atoms with van der Waals surface area (Å²) >= 11 is 0. The first-order valence-corrected chi connectivity index (χ1v) is 6.63. The summed E-state index contributed by atoms with van der Waals surface area (Å²) in [5, 5.41) is 22.4. The number of carbonyl (C=O) groups excluding carboxylic acids is 1. The van der Waals surface area contributed by atoms with Crippen LogP contribution < -0.4 is 5.32 Å². The van der Waals surface area contributed by atoms with Gasteiger partial charge in [-0.3, -0.25) is 4.79 Å². The molecule has 0 spiro atoms. The van der Waals surface area contributed by atoms with Crippen LogP contribution in [-0.2, 0) is 0 Å². The van der Waals surface area contributed by atoms with E-state index >= 15 is 0 Å². The molecule has 0 fully saturated rings. The first-order chi connectivity index (χ1) is 10.1. The lowest BCUT2D eigenvalue weighted by Crippen LogP contribution is -2.53. The molecule has 4 heteroatoms. The van der Waals surface area contributed by atoms with E-state index in [0.29, 0.717) is 5.56 Å². The number of amides is 1. The maximum absolute atomic E-state index is 12.2. The molecule has 110 valence electrons. The van der Waals surface area contributed by atoms with Gasteiger partial charge in [0.15, 0.2) is 0 Å². The number of nitrogens with one attached hydrogen (secondary N) is 1. The Morgan fingerprint density at radius 3 is 2.29 bits per heavy atom. The molecule has 1 aromatic carbocycles. The molecule has 0 heterocycles. The first kappa shape index (κ1) is 16.8. The van der Waals surface area contributed by atoms with E-state index in [0.717, 1.165) is 0 Å². The van der Waals surface area contributed by atoms with Gasteiger partial charge in [0.25, 0.3) is 5.91 Å². The van der Waals surface area contributed by atoms with Gasteiger partial charge in [0.05, 0.1) is 6.04 Å². The molecule has 4 nitrogen and oxygen atoms in total. The average Bonchev–Trinajstić information content (AvgIpc) is 2.48. The Bertz CT molecular complexity index is 523. The van der Waals surface area contributed by atoms with Gasteiger partial charge in [-0.25, -0.2) is 0 Å². The normalized spacial score (nSPS) is 12.0. The van der Waals surface area contributed by atoms with Crippen LogP contribution in [0.4, 0.5) is 0 Å². The summed E-state index contributed by atoms with van der Waals surface area (Å²) in [5.74, 6) is 4.39. The number of aliphatic hydroxyl groups is 2. The van der Waals surface area contributed by atoms with Crippen LogP contribution in [0.1, 0.15) is 29.6 Å². The molecule has 0 saturated carbocycles. The smallest absolute Gasteiger partial charge is 0.251 e. The molecule has 1 amide bonds. The molecule has 1 aromatic rings. The number of hydrogen-bond donors (Lipinski definition) is 3. The highest BCUT2D eigenvalue weighted by Gasteiger charge is 2.36. The van der Waals surface area contributed by atoms with E-state index in [2.05, 4.69) is 17.2 Å². The molecular formula is C17H19NO3. The molecule has 0 aliphatic heterocycles. The topological polar surface area (TPSA) is 69.6 Å². The van der Waals surface area contributed by atoms with Crippen molar-refractivity contribution < 1.29 is 15.0 Å². The lowest BCUT2D eigenvalue weighted by atomic mass is 9.85. The van der Waals surface area contributed by atoms with E-state index in [4.69, 9.17) is 18.0 Å². The fourth-order valence-corrected chi connectivity index (χ4v) is 2.10. The summed E-state index contributed by atoms with van der Waals surface area (Å²) < 4.78 is 0. The summed E-state index contributed by atoms with van der Waals surface area (Å²) in [4.78, 5) is 12.2. The van der Waals surface area contributed by atoms with Crippen molar-refractivity contribution in [3.8, 4) is 24.7 Å². The van der Waals surface area contributed by atoms with Crippen molar-refractivity contribution in [1.29, 1.82) is 0 Å². The van der Waals surface area contributed by atoms with Crippen molar-refractivity contribution in [2.45, 2.75) is 30.9 Å². The summed E-state index contributed by atoms with van der Waals surface area (Å²) in [7, 11) is 0. The van der Waals surface area contributed by atoms with Gasteiger partial charge in [-0.2, -0.15) is 0 Å². The molecule has 0 radical (unpaired) electrons. The summed E-state index contributed by atoms with van der Waals surface area (Å²) in [6.07, 6.45) is 10.7.